The van der Waals surface area contributed by atoms with Crippen molar-refractivity contribution in [3.05, 3.63) is 21.7 Å². The molecule has 76 valence electrons. The van der Waals surface area contributed by atoms with Crippen LogP contribution in [0.3, 0.4) is 0 Å². The fourth-order valence-electron chi connectivity index (χ4n) is 1.77. The largest absolute Gasteiger partial charge is 0.328 e. The summed E-state index contributed by atoms with van der Waals surface area (Å²) in [4.78, 5) is 4.43. The molecule has 2 rings (SSSR count). The predicted molar refractivity (Wildman–Crippen MR) is 61.3 cm³/mol. The highest BCUT2D eigenvalue weighted by Crippen LogP contribution is 2.25. The summed E-state index contributed by atoms with van der Waals surface area (Å²) in [7, 11) is 0. The van der Waals surface area contributed by atoms with Gasteiger partial charge in [-0.2, -0.15) is 0 Å². The lowest BCUT2D eigenvalue weighted by Crippen LogP contribution is -2.23. The summed E-state index contributed by atoms with van der Waals surface area (Å²) in [5.41, 5.74) is 8.49. The molecule has 1 aromatic rings. The van der Waals surface area contributed by atoms with E-state index in [2.05, 4.69) is 16.4 Å². The number of allylic oxidation sites excluding steroid dienone is 1. The van der Waals surface area contributed by atoms with Crippen LogP contribution in [0.4, 0.5) is 0 Å². The molecule has 0 aromatic carbocycles. The lowest BCUT2D eigenvalue weighted by atomic mass is 9.91. The molecular formula is C11H16N2S. The Balaban J connectivity index is 2.04. The third kappa shape index (κ3) is 2.42. The van der Waals surface area contributed by atoms with Crippen LogP contribution in [-0.2, 0) is 0 Å². The van der Waals surface area contributed by atoms with E-state index >= 15 is 0 Å². The number of aryl methyl sites for hydroxylation is 1. The standard InChI is InChI=1S/C11H16N2S/c1-8-7-14-11(13-8)6-9-2-4-10(12)5-3-9/h6-7,10H,2-5,12H2,1H3. The molecule has 2 N–H and O–H groups in total. The van der Waals surface area contributed by atoms with Gasteiger partial charge < -0.3 is 5.73 Å². The summed E-state index contributed by atoms with van der Waals surface area (Å²) >= 11 is 1.73. The van der Waals surface area contributed by atoms with Gasteiger partial charge in [0.25, 0.3) is 0 Å². The van der Waals surface area contributed by atoms with E-state index < -0.39 is 0 Å². The molecule has 14 heavy (non-hydrogen) atoms. The Labute approximate surface area is 88.9 Å². The quantitative estimate of drug-likeness (QED) is 0.770. The second kappa shape index (κ2) is 4.24. The van der Waals surface area contributed by atoms with Crippen molar-refractivity contribution in [1.29, 1.82) is 0 Å². The SMILES string of the molecule is Cc1csc(C=C2CCC(N)CC2)n1. The van der Waals surface area contributed by atoms with Crippen molar-refractivity contribution in [2.45, 2.75) is 38.6 Å². The Bertz CT molecular complexity index is 331. The van der Waals surface area contributed by atoms with Crippen LogP contribution in [0.5, 0.6) is 0 Å². The molecule has 0 aliphatic heterocycles. The maximum absolute atomic E-state index is 5.85. The Morgan fingerprint density at radius 1 is 1.50 bits per heavy atom. The van der Waals surface area contributed by atoms with Gasteiger partial charge in [-0.15, -0.1) is 11.3 Å². The summed E-state index contributed by atoms with van der Waals surface area (Å²) in [6.45, 7) is 2.04. The molecule has 0 spiro atoms. The monoisotopic (exact) mass is 208 g/mol. The summed E-state index contributed by atoms with van der Waals surface area (Å²) in [6.07, 6.45) is 6.81. The van der Waals surface area contributed by atoms with Crippen molar-refractivity contribution in [3.63, 3.8) is 0 Å². The molecule has 1 aliphatic rings. The van der Waals surface area contributed by atoms with Crippen LogP contribution in [0.25, 0.3) is 6.08 Å². The molecule has 0 radical (unpaired) electrons. The molecule has 2 nitrogen and oxygen atoms in total. The lowest BCUT2D eigenvalue weighted by Gasteiger charge is -2.19. The molecule has 1 aliphatic carbocycles. The van der Waals surface area contributed by atoms with Crippen molar-refractivity contribution in [3.8, 4) is 0 Å². The van der Waals surface area contributed by atoms with Gasteiger partial charge in [0, 0.05) is 17.1 Å². The van der Waals surface area contributed by atoms with E-state index in [1.807, 2.05) is 6.92 Å². The Hall–Kier alpha value is -0.670. The molecule has 0 atom stereocenters. The Morgan fingerprint density at radius 2 is 2.21 bits per heavy atom. The summed E-state index contributed by atoms with van der Waals surface area (Å²) in [6, 6.07) is 0.421. The van der Waals surface area contributed by atoms with E-state index in [4.69, 9.17) is 5.73 Å². The third-order valence-electron chi connectivity index (χ3n) is 2.64. The van der Waals surface area contributed by atoms with Gasteiger partial charge in [0.05, 0.1) is 0 Å². The third-order valence-corrected chi connectivity index (χ3v) is 3.55. The zero-order valence-electron chi connectivity index (χ0n) is 8.49. The van der Waals surface area contributed by atoms with Gasteiger partial charge in [-0.3, -0.25) is 0 Å². The van der Waals surface area contributed by atoms with Gasteiger partial charge in [0.1, 0.15) is 5.01 Å². The van der Waals surface area contributed by atoms with Crippen LogP contribution >= 0.6 is 11.3 Å². The summed E-state index contributed by atoms with van der Waals surface area (Å²) in [5.74, 6) is 0. The molecule has 0 bridgehead atoms. The van der Waals surface area contributed by atoms with E-state index in [9.17, 15) is 0 Å². The minimum Gasteiger partial charge on any atom is -0.328 e. The van der Waals surface area contributed by atoms with Crippen molar-refractivity contribution in [2.24, 2.45) is 5.73 Å². The fourth-order valence-corrected chi connectivity index (χ4v) is 2.54. The maximum atomic E-state index is 5.85. The van der Waals surface area contributed by atoms with E-state index in [0.717, 1.165) is 36.4 Å². The van der Waals surface area contributed by atoms with Crippen molar-refractivity contribution >= 4 is 17.4 Å². The highest BCUT2D eigenvalue weighted by Gasteiger charge is 2.12. The van der Waals surface area contributed by atoms with Crippen LogP contribution in [0.2, 0.25) is 0 Å². The Kier molecular flexibility index (Phi) is 2.99. The summed E-state index contributed by atoms with van der Waals surface area (Å²) < 4.78 is 0. The topological polar surface area (TPSA) is 38.9 Å². The molecule has 1 aromatic heterocycles. The van der Waals surface area contributed by atoms with Gasteiger partial charge in [0.2, 0.25) is 0 Å². The van der Waals surface area contributed by atoms with E-state index in [0.29, 0.717) is 6.04 Å². The first kappa shape index (κ1) is 9.87. The van der Waals surface area contributed by atoms with E-state index in [-0.39, 0.29) is 0 Å². The molecule has 1 fully saturated rings. The number of rotatable bonds is 1. The zero-order chi connectivity index (χ0) is 9.97. The normalized spacial score (nSPS) is 22.4. The number of aromatic nitrogens is 1. The van der Waals surface area contributed by atoms with Crippen molar-refractivity contribution in [2.75, 3.05) is 0 Å². The predicted octanol–water partition coefficient (Wildman–Crippen LogP) is 2.74. The van der Waals surface area contributed by atoms with Gasteiger partial charge in [-0.1, -0.05) is 5.57 Å². The second-order valence-corrected chi connectivity index (χ2v) is 4.86. The van der Waals surface area contributed by atoms with Gasteiger partial charge in [-0.05, 0) is 38.7 Å². The van der Waals surface area contributed by atoms with Crippen LogP contribution in [0.1, 0.15) is 36.4 Å². The number of thiazole rings is 1. The van der Waals surface area contributed by atoms with Crippen molar-refractivity contribution < 1.29 is 0 Å². The molecule has 0 unspecified atom stereocenters. The van der Waals surface area contributed by atoms with Crippen LogP contribution in [0, 0.1) is 6.92 Å². The van der Waals surface area contributed by atoms with Gasteiger partial charge in [0.15, 0.2) is 0 Å². The average Bonchev–Trinajstić information content (AvgIpc) is 2.56. The first-order valence-corrected chi connectivity index (χ1v) is 5.99. The molecule has 3 heteroatoms. The highest BCUT2D eigenvalue weighted by atomic mass is 32.1. The zero-order valence-corrected chi connectivity index (χ0v) is 9.31. The average molecular weight is 208 g/mol. The van der Waals surface area contributed by atoms with E-state index in [1.165, 1.54) is 5.57 Å². The maximum Gasteiger partial charge on any atom is 0.116 e. The minimum atomic E-state index is 0.421. The molecule has 1 saturated carbocycles. The number of hydrogen-bond donors (Lipinski definition) is 1. The second-order valence-electron chi connectivity index (χ2n) is 3.97. The number of nitrogens with zero attached hydrogens (tertiary/aromatic N) is 1. The van der Waals surface area contributed by atoms with Crippen molar-refractivity contribution in [1.82, 2.24) is 4.98 Å². The number of hydrogen-bond acceptors (Lipinski definition) is 3. The van der Waals surface area contributed by atoms with Crippen LogP contribution in [0.15, 0.2) is 11.0 Å². The molecule has 1 heterocycles. The van der Waals surface area contributed by atoms with Gasteiger partial charge in [-0.25, -0.2) is 4.98 Å². The highest BCUT2D eigenvalue weighted by molar-refractivity contribution is 7.10. The Morgan fingerprint density at radius 3 is 2.79 bits per heavy atom. The molecular weight excluding hydrogens is 192 g/mol. The van der Waals surface area contributed by atoms with Crippen LogP contribution < -0.4 is 5.73 Å². The molecule has 0 saturated heterocycles. The van der Waals surface area contributed by atoms with Crippen LogP contribution in [-0.4, -0.2) is 11.0 Å². The summed E-state index contributed by atoms with van der Waals surface area (Å²) in [5, 5.41) is 3.24. The van der Waals surface area contributed by atoms with E-state index in [1.54, 1.807) is 11.3 Å². The minimum absolute atomic E-state index is 0.421. The van der Waals surface area contributed by atoms with Gasteiger partial charge >= 0.3 is 0 Å². The fraction of sp³-hybridized carbons (Fsp3) is 0.545. The lowest BCUT2D eigenvalue weighted by molar-refractivity contribution is 0.514. The molecule has 0 amide bonds. The smallest absolute Gasteiger partial charge is 0.116 e. The number of nitrogens with two attached hydrogens (primary N) is 1. The first-order valence-electron chi connectivity index (χ1n) is 5.11. The first-order chi connectivity index (χ1) is 6.74.